The summed E-state index contributed by atoms with van der Waals surface area (Å²) in [6.07, 6.45) is 0.132. The van der Waals surface area contributed by atoms with Crippen LogP contribution >= 0.6 is 11.6 Å². The Hall–Kier alpha value is -1.59. The third-order valence-corrected chi connectivity index (χ3v) is 2.25. The van der Waals surface area contributed by atoms with E-state index in [0.29, 0.717) is 10.6 Å². The van der Waals surface area contributed by atoms with Crippen molar-refractivity contribution in [3.63, 3.8) is 0 Å². The van der Waals surface area contributed by atoms with Crippen molar-refractivity contribution in [3.8, 4) is 0 Å². The van der Waals surface area contributed by atoms with Gasteiger partial charge in [0, 0.05) is 13.0 Å². The minimum atomic E-state index is -0.334. The quantitative estimate of drug-likeness (QED) is 0.407. The fraction of sp³-hybridized carbons (Fsp3) is 0.200. The van der Waals surface area contributed by atoms with Crippen molar-refractivity contribution < 1.29 is 9.59 Å². The summed E-state index contributed by atoms with van der Waals surface area (Å²) in [5.74, 6) is 4.25. The van der Waals surface area contributed by atoms with E-state index in [1.165, 1.54) is 0 Å². The molecule has 0 aromatic heterocycles. The summed E-state index contributed by atoms with van der Waals surface area (Å²) in [4.78, 5) is 22.4. The molecule has 0 unspecified atom stereocenters. The lowest BCUT2D eigenvalue weighted by molar-refractivity contribution is -0.121. The van der Waals surface area contributed by atoms with E-state index < -0.39 is 0 Å². The molecule has 1 aromatic carbocycles. The Labute approximate surface area is 97.9 Å². The Morgan fingerprint density at radius 3 is 2.62 bits per heavy atom. The van der Waals surface area contributed by atoms with Crippen molar-refractivity contribution in [3.05, 3.63) is 34.9 Å². The van der Waals surface area contributed by atoms with Gasteiger partial charge in [0.05, 0.1) is 10.6 Å². The Balaban J connectivity index is 2.47. The van der Waals surface area contributed by atoms with Gasteiger partial charge in [-0.05, 0) is 12.1 Å². The molecule has 0 radical (unpaired) electrons. The molecule has 86 valence electrons. The average Bonchev–Trinajstić information content (AvgIpc) is 2.29. The molecule has 0 saturated heterocycles. The van der Waals surface area contributed by atoms with Gasteiger partial charge in [-0.2, -0.15) is 0 Å². The van der Waals surface area contributed by atoms with Gasteiger partial charge >= 0.3 is 0 Å². The summed E-state index contributed by atoms with van der Waals surface area (Å²) in [6, 6.07) is 6.69. The summed E-state index contributed by atoms with van der Waals surface area (Å²) in [6.45, 7) is 0.215. The first-order valence-corrected chi connectivity index (χ1v) is 5.05. The number of hydrogen-bond donors (Lipinski definition) is 3. The molecule has 0 aliphatic rings. The van der Waals surface area contributed by atoms with Crippen LogP contribution in [0.3, 0.4) is 0 Å². The second kappa shape index (κ2) is 6.09. The number of halogens is 1. The molecule has 0 bridgehead atoms. The van der Waals surface area contributed by atoms with Gasteiger partial charge in [0.1, 0.15) is 0 Å². The number of rotatable bonds is 4. The third kappa shape index (κ3) is 3.52. The normalized spacial score (nSPS) is 9.62. The molecule has 0 spiro atoms. The standard InChI is InChI=1S/C10H12ClN3O2/c11-8-4-2-1-3-7(8)10(16)13-6-5-9(15)14-12/h1-4H,5-6,12H2,(H,13,16)(H,14,15). The van der Waals surface area contributed by atoms with Crippen molar-refractivity contribution in [2.45, 2.75) is 6.42 Å². The van der Waals surface area contributed by atoms with Crippen LogP contribution in [0.15, 0.2) is 24.3 Å². The Morgan fingerprint density at radius 2 is 2.00 bits per heavy atom. The molecule has 0 aliphatic heterocycles. The summed E-state index contributed by atoms with van der Waals surface area (Å²) in [5.41, 5.74) is 2.36. The van der Waals surface area contributed by atoms with Crippen molar-refractivity contribution in [1.82, 2.24) is 10.7 Å². The smallest absolute Gasteiger partial charge is 0.252 e. The SMILES string of the molecule is NNC(=O)CCNC(=O)c1ccccc1Cl. The van der Waals surface area contributed by atoms with Crippen molar-refractivity contribution in [2.24, 2.45) is 5.84 Å². The number of carbonyl (C=O) groups is 2. The van der Waals surface area contributed by atoms with E-state index in [9.17, 15) is 9.59 Å². The molecule has 16 heavy (non-hydrogen) atoms. The zero-order valence-electron chi connectivity index (χ0n) is 8.50. The fourth-order valence-electron chi connectivity index (χ4n) is 1.10. The van der Waals surface area contributed by atoms with E-state index >= 15 is 0 Å². The number of nitrogens with one attached hydrogen (secondary N) is 2. The first kappa shape index (κ1) is 12.5. The number of carbonyl (C=O) groups excluding carboxylic acids is 2. The Kier molecular flexibility index (Phi) is 4.75. The number of hydrazine groups is 1. The molecule has 0 atom stereocenters. The monoisotopic (exact) mass is 241 g/mol. The van der Waals surface area contributed by atoms with Gasteiger partial charge in [0.15, 0.2) is 0 Å². The van der Waals surface area contributed by atoms with E-state index in [2.05, 4.69) is 5.32 Å². The maximum Gasteiger partial charge on any atom is 0.252 e. The minimum Gasteiger partial charge on any atom is -0.351 e. The Morgan fingerprint density at radius 1 is 1.31 bits per heavy atom. The van der Waals surface area contributed by atoms with Crippen LogP contribution in [0.2, 0.25) is 5.02 Å². The van der Waals surface area contributed by atoms with Crippen LogP contribution in [0.25, 0.3) is 0 Å². The van der Waals surface area contributed by atoms with Crippen LogP contribution < -0.4 is 16.6 Å². The van der Waals surface area contributed by atoms with Gasteiger partial charge in [-0.25, -0.2) is 5.84 Å². The summed E-state index contributed by atoms with van der Waals surface area (Å²) < 4.78 is 0. The Bertz CT molecular complexity index is 395. The highest BCUT2D eigenvalue weighted by Gasteiger charge is 2.08. The van der Waals surface area contributed by atoms with Gasteiger partial charge < -0.3 is 5.32 Å². The fourth-order valence-corrected chi connectivity index (χ4v) is 1.32. The molecule has 0 aliphatic carbocycles. The van der Waals surface area contributed by atoms with Crippen LogP contribution in [0.4, 0.5) is 0 Å². The van der Waals surface area contributed by atoms with Gasteiger partial charge in [-0.3, -0.25) is 15.0 Å². The van der Waals surface area contributed by atoms with E-state index in [1.807, 2.05) is 5.43 Å². The third-order valence-electron chi connectivity index (χ3n) is 1.92. The molecule has 4 N–H and O–H groups in total. The second-order valence-corrected chi connectivity index (χ2v) is 3.46. The highest BCUT2D eigenvalue weighted by Crippen LogP contribution is 2.14. The van der Waals surface area contributed by atoms with Gasteiger partial charge in [0.25, 0.3) is 5.91 Å². The lowest BCUT2D eigenvalue weighted by Crippen LogP contribution is -2.34. The molecule has 6 heteroatoms. The van der Waals surface area contributed by atoms with Gasteiger partial charge in [-0.15, -0.1) is 0 Å². The highest BCUT2D eigenvalue weighted by atomic mass is 35.5. The van der Waals surface area contributed by atoms with Gasteiger partial charge in [-0.1, -0.05) is 23.7 Å². The van der Waals surface area contributed by atoms with Gasteiger partial charge in [0.2, 0.25) is 5.91 Å². The second-order valence-electron chi connectivity index (χ2n) is 3.05. The molecule has 5 nitrogen and oxygen atoms in total. The molecule has 2 amide bonds. The van der Waals surface area contributed by atoms with E-state index in [1.54, 1.807) is 24.3 Å². The summed E-state index contributed by atoms with van der Waals surface area (Å²) in [7, 11) is 0. The first-order valence-electron chi connectivity index (χ1n) is 4.67. The van der Waals surface area contributed by atoms with Crippen molar-refractivity contribution >= 4 is 23.4 Å². The molecule has 0 heterocycles. The maximum atomic E-state index is 11.6. The van der Waals surface area contributed by atoms with E-state index in [-0.39, 0.29) is 24.8 Å². The molecular formula is C10H12ClN3O2. The van der Waals surface area contributed by atoms with Crippen LogP contribution in [0.5, 0.6) is 0 Å². The molecule has 0 saturated carbocycles. The maximum absolute atomic E-state index is 11.6. The number of benzene rings is 1. The minimum absolute atomic E-state index is 0.132. The predicted molar refractivity (Wildman–Crippen MR) is 60.7 cm³/mol. The zero-order valence-corrected chi connectivity index (χ0v) is 9.25. The van der Waals surface area contributed by atoms with Crippen molar-refractivity contribution in [2.75, 3.05) is 6.54 Å². The molecule has 1 aromatic rings. The lowest BCUT2D eigenvalue weighted by Gasteiger charge is -2.05. The summed E-state index contributed by atoms with van der Waals surface area (Å²) in [5, 5.41) is 2.94. The number of hydrogen-bond acceptors (Lipinski definition) is 3. The van der Waals surface area contributed by atoms with E-state index in [4.69, 9.17) is 17.4 Å². The van der Waals surface area contributed by atoms with Crippen LogP contribution in [-0.4, -0.2) is 18.4 Å². The zero-order chi connectivity index (χ0) is 12.0. The van der Waals surface area contributed by atoms with Crippen molar-refractivity contribution in [1.29, 1.82) is 0 Å². The van der Waals surface area contributed by atoms with Crippen LogP contribution in [0.1, 0.15) is 16.8 Å². The topological polar surface area (TPSA) is 84.2 Å². The molecule has 0 fully saturated rings. The predicted octanol–water partition coefficient (Wildman–Crippen LogP) is 0.450. The number of amides is 2. The lowest BCUT2D eigenvalue weighted by atomic mass is 10.2. The van der Waals surface area contributed by atoms with E-state index in [0.717, 1.165) is 0 Å². The van der Waals surface area contributed by atoms with Crippen LogP contribution in [0, 0.1) is 0 Å². The first-order chi connectivity index (χ1) is 7.65. The molecule has 1 rings (SSSR count). The molecular weight excluding hydrogens is 230 g/mol. The summed E-state index contributed by atoms with van der Waals surface area (Å²) >= 11 is 5.83. The number of nitrogens with two attached hydrogens (primary N) is 1. The average molecular weight is 242 g/mol. The highest BCUT2D eigenvalue weighted by molar-refractivity contribution is 6.33. The van der Waals surface area contributed by atoms with Crippen LogP contribution in [-0.2, 0) is 4.79 Å². The largest absolute Gasteiger partial charge is 0.351 e.